The highest BCUT2D eigenvalue weighted by Gasteiger charge is 2.34. The Labute approximate surface area is 124 Å². The third-order valence-corrected chi connectivity index (χ3v) is 4.47. The maximum absolute atomic E-state index is 11.8. The number of benzene rings is 1. The maximum Gasteiger partial charge on any atom is 0.319 e. The van der Waals surface area contributed by atoms with Crippen molar-refractivity contribution < 1.29 is 9.90 Å². The Morgan fingerprint density at radius 1 is 1.45 bits per heavy atom. The van der Waals surface area contributed by atoms with Crippen LogP contribution in [0.15, 0.2) is 24.3 Å². The van der Waals surface area contributed by atoms with E-state index in [1.54, 1.807) is 0 Å². The van der Waals surface area contributed by atoms with E-state index in [0.29, 0.717) is 6.54 Å². The van der Waals surface area contributed by atoms with Crippen LogP contribution in [-0.2, 0) is 5.75 Å². The SMILES string of the molecule is CCSCc1cccc(NC(=O)NCC2(O)CCC2)c1. The summed E-state index contributed by atoms with van der Waals surface area (Å²) in [6.45, 7) is 2.45. The van der Waals surface area contributed by atoms with Crippen molar-refractivity contribution in [1.29, 1.82) is 0 Å². The normalized spacial score (nSPS) is 16.3. The van der Waals surface area contributed by atoms with Crippen LogP contribution in [-0.4, -0.2) is 29.0 Å². The van der Waals surface area contributed by atoms with E-state index in [4.69, 9.17) is 0 Å². The number of urea groups is 1. The van der Waals surface area contributed by atoms with Gasteiger partial charge in [0.15, 0.2) is 0 Å². The first kappa shape index (κ1) is 15.2. The number of nitrogens with one attached hydrogen (secondary N) is 2. The van der Waals surface area contributed by atoms with Crippen LogP contribution < -0.4 is 10.6 Å². The molecule has 5 heteroatoms. The van der Waals surface area contributed by atoms with E-state index in [9.17, 15) is 9.90 Å². The molecule has 2 rings (SSSR count). The molecule has 1 aromatic carbocycles. The number of thioether (sulfide) groups is 1. The van der Waals surface area contributed by atoms with E-state index >= 15 is 0 Å². The number of anilines is 1. The van der Waals surface area contributed by atoms with Gasteiger partial charge in [-0.25, -0.2) is 4.79 Å². The van der Waals surface area contributed by atoms with Crippen LogP contribution in [0.1, 0.15) is 31.7 Å². The highest BCUT2D eigenvalue weighted by atomic mass is 32.2. The summed E-state index contributed by atoms with van der Waals surface area (Å²) in [6.07, 6.45) is 2.59. The van der Waals surface area contributed by atoms with E-state index in [0.717, 1.165) is 36.5 Å². The number of carbonyl (C=O) groups excluding carboxylic acids is 1. The van der Waals surface area contributed by atoms with Gasteiger partial charge >= 0.3 is 6.03 Å². The fourth-order valence-electron chi connectivity index (χ4n) is 2.14. The Morgan fingerprint density at radius 2 is 2.25 bits per heavy atom. The Bertz CT molecular complexity index is 461. The Balaban J connectivity index is 1.81. The largest absolute Gasteiger partial charge is 0.388 e. The van der Waals surface area contributed by atoms with Gasteiger partial charge in [0.1, 0.15) is 0 Å². The lowest BCUT2D eigenvalue weighted by atomic mass is 9.80. The molecule has 3 N–H and O–H groups in total. The lowest BCUT2D eigenvalue weighted by Crippen LogP contribution is -2.48. The van der Waals surface area contributed by atoms with Gasteiger partial charge in [-0.1, -0.05) is 19.1 Å². The molecule has 110 valence electrons. The summed E-state index contributed by atoms with van der Waals surface area (Å²) in [7, 11) is 0. The molecule has 1 saturated carbocycles. The fourth-order valence-corrected chi connectivity index (χ4v) is 2.76. The van der Waals surface area contributed by atoms with Gasteiger partial charge < -0.3 is 15.7 Å². The standard InChI is InChI=1S/C15H22N2O2S/c1-2-20-10-12-5-3-6-13(9-12)17-14(18)16-11-15(19)7-4-8-15/h3,5-6,9,19H,2,4,7-8,10-11H2,1H3,(H2,16,17,18). The molecule has 0 aliphatic heterocycles. The Kier molecular flexibility index (Phi) is 5.31. The predicted molar refractivity (Wildman–Crippen MR) is 84.1 cm³/mol. The zero-order chi connectivity index (χ0) is 14.4. The molecule has 0 radical (unpaired) electrons. The van der Waals surface area contributed by atoms with Gasteiger partial charge in [-0.3, -0.25) is 0 Å². The molecule has 0 saturated heterocycles. The molecular formula is C15H22N2O2S. The number of hydrogen-bond donors (Lipinski definition) is 3. The van der Waals surface area contributed by atoms with E-state index < -0.39 is 5.60 Å². The first-order chi connectivity index (χ1) is 9.61. The summed E-state index contributed by atoms with van der Waals surface area (Å²) < 4.78 is 0. The molecule has 1 aliphatic rings. The zero-order valence-corrected chi connectivity index (χ0v) is 12.6. The number of carbonyl (C=O) groups is 1. The molecule has 0 bridgehead atoms. The van der Waals surface area contributed by atoms with E-state index in [1.165, 1.54) is 5.56 Å². The lowest BCUT2D eigenvalue weighted by Gasteiger charge is -2.36. The van der Waals surface area contributed by atoms with Crippen molar-refractivity contribution in [2.24, 2.45) is 0 Å². The van der Waals surface area contributed by atoms with Gasteiger partial charge in [0, 0.05) is 18.0 Å². The van der Waals surface area contributed by atoms with E-state index in [2.05, 4.69) is 23.6 Å². The topological polar surface area (TPSA) is 61.4 Å². The van der Waals surface area contributed by atoms with Crippen LogP contribution in [0.5, 0.6) is 0 Å². The van der Waals surface area contributed by atoms with Gasteiger partial charge in [0.2, 0.25) is 0 Å². The molecular weight excluding hydrogens is 272 g/mol. The second-order valence-electron chi connectivity index (χ2n) is 5.22. The van der Waals surface area contributed by atoms with Crippen molar-refractivity contribution in [3.8, 4) is 0 Å². The second-order valence-corrected chi connectivity index (χ2v) is 6.50. The van der Waals surface area contributed by atoms with E-state index in [1.807, 2.05) is 30.0 Å². The summed E-state index contributed by atoms with van der Waals surface area (Å²) >= 11 is 1.85. The molecule has 0 spiro atoms. The van der Waals surface area contributed by atoms with Gasteiger partial charge in [-0.05, 0) is 42.7 Å². The molecule has 0 atom stereocenters. The molecule has 0 unspecified atom stereocenters. The third kappa shape index (κ3) is 4.42. The van der Waals surface area contributed by atoms with Gasteiger partial charge in [0.05, 0.1) is 5.60 Å². The van der Waals surface area contributed by atoms with Crippen LogP contribution in [0, 0.1) is 0 Å². The number of rotatable bonds is 6. The summed E-state index contributed by atoms with van der Waals surface area (Å²) in [5.74, 6) is 2.03. The van der Waals surface area contributed by atoms with Gasteiger partial charge in [-0.15, -0.1) is 0 Å². The highest BCUT2D eigenvalue weighted by molar-refractivity contribution is 7.98. The predicted octanol–water partition coefficient (Wildman–Crippen LogP) is 2.98. The smallest absolute Gasteiger partial charge is 0.319 e. The first-order valence-corrected chi connectivity index (χ1v) is 8.21. The lowest BCUT2D eigenvalue weighted by molar-refractivity contribution is -0.0287. The van der Waals surface area contributed by atoms with E-state index in [-0.39, 0.29) is 6.03 Å². The molecule has 0 aromatic heterocycles. The van der Waals surface area contributed by atoms with Crippen molar-refractivity contribution in [1.82, 2.24) is 5.32 Å². The summed E-state index contributed by atoms with van der Waals surface area (Å²) in [5.41, 5.74) is 1.31. The monoisotopic (exact) mass is 294 g/mol. The molecule has 0 heterocycles. The maximum atomic E-state index is 11.8. The average Bonchev–Trinajstić information content (AvgIpc) is 2.41. The van der Waals surface area contributed by atoms with Crippen LogP contribution in [0.25, 0.3) is 0 Å². The van der Waals surface area contributed by atoms with Crippen LogP contribution >= 0.6 is 11.8 Å². The zero-order valence-electron chi connectivity index (χ0n) is 11.8. The molecule has 1 aliphatic carbocycles. The van der Waals surface area contributed by atoms with Crippen molar-refractivity contribution >= 4 is 23.5 Å². The van der Waals surface area contributed by atoms with Gasteiger partial charge in [0.25, 0.3) is 0 Å². The molecule has 1 fully saturated rings. The van der Waals surface area contributed by atoms with Crippen molar-refractivity contribution in [3.05, 3.63) is 29.8 Å². The fraction of sp³-hybridized carbons (Fsp3) is 0.533. The molecule has 1 aromatic rings. The number of amides is 2. The number of hydrogen-bond acceptors (Lipinski definition) is 3. The minimum Gasteiger partial charge on any atom is -0.388 e. The van der Waals surface area contributed by atoms with Crippen LogP contribution in [0.4, 0.5) is 10.5 Å². The second kappa shape index (κ2) is 6.99. The van der Waals surface area contributed by atoms with Crippen LogP contribution in [0.3, 0.4) is 0 Å². The highest BCUT2D eigenvalue weighted by Crippen LogP contribution is 2.30. The Hall–Kier alpha value is -1.20. The Morgan fingerprint density at radius 3 is 2.90 bits per heavy atom. The van der Waals surface area contributed by atoms with Crippen molar-refractivity contribution in [3.63, 3.8) is 0 Å². The minimum atomic E-state index is -0.684. The first-order valence-electron chi connectivity index (χ1n) is 7.05. The number of aliphatic hydroxyl groups is 1. The van der Waals surface area contributed by atoms with Crippen molar-refractivity contribution in [2.75, 3.05) is 17.6 Å². The molecule has 20 heavy (non-hydrogen) atoms. The third-order valence-electron chi connectivity index (χ3n) is 3.52. The average molecular weight is 294 g/mol. The summed E-state index contributed by atoms with van der Waals surface area (Å²) in [5, 5.41) is 15.5. The quantitative estimate of drug-likeness (QED) is 0.756. The molecule has 4 nitrogen and oxygen atoms in total. The van der Waals surface area contributed by atoms with Crippen LogP contribution in [0.2, 0.25) is 0 Å². The minimum absolute atomic E-state index is 0.259. The summed E-state index contributed by atoms with van der Waals surface area (Å²) in [6, 6.07) is 7.60. The van der Waals surface area contributed by atoms with Crippen molar-refractivity contribution in [2.45, 2.75) is 37.5 Å². The molecule has 2 amide bonds. The summed E-state index contributed by atoms with van der Waals surface area (Å²) in [4.78, 5) is 11.8. The van der Waals surface area contributed by atoms with Gasteiger partial charge in [-0.2, -0.15) is 11.8 Å².